The maximum Gasteiger partial charge on any atom is 0.191 e. The number of guanidine groups is 1. The van der Waals surface area contributed by atoms with Gasteiger partial charge in [-0.2, -0.15) is 0 Å². The van der Waals surface area contributed by atoms with E-state index in [-0.39, 0.29) is 36.1 Å². The van der Waals surface area contributed by atoms with Crippen molar-refractivity contribution in [2.24, 2.45) is 4.99 Å². The van der Waals surface area contributed by atoms with Crippen LogP contribution in [0.2, 0.25) is 0 Å². The first-order valence-electron chi connectivity index (χ1n) is 9.84. The Morgan fingerprint density at radius 3 is 2.59 bits per heavy atom. The zero-order valence-corrected chi connectivity index (χ0v) is 19.5. The lowest BCUT2D eigenvalue weighted by atomic mass is 10.0. The Labute approximate surface area is 181 Å². The fourth-order valence-corrected chi connectivity index (χ4v) is 2.96. The number of benzene rings is 1. The molecule has 1 aromatic rings. The highest BCUT2D eigenvalue weighted by molar-refractivity contribution is 14.0. The predicted octanol–water partition coefficient (Wildman–Crippen LogP) is 3.72. The Bertz CT molecular complexity index is 543. The molecule has 0 radical (unpaired) electrons. The summed E-state index contributed by atoms with van der Waals surface area (Å²) >= 11 is 0. The third kappa shape index (κ3) is 9.25. The number of aliphatic imine (C=N–C) groups is 1. The van der Waals surface area contributed by atoms with E-state index in [1.807, 2.05) is 0 Å². The predicted molar refractivity (Wildman–Crippen MR) is 123 cm³/mol. The lowest BCUT2D eigenvalue weighted by Gasteiger charge is -2.19. The van der Waals surface area contributed by atoms with E-state index >= 15 is 0 Å². The van der Waals surface area contributed by atoms with Crippen molar-refractivity contribution < 1.29 is 9.47 Å². The third-order valence-electron chi connectivity index (χ3n) is 4.66. The molecule has 27 heavy (non-hydrogen) atoms. The molecule has 0 aliphatic carbocycles. The zero-order valence-electron chi connectivity index (χ0n) is 17.2. The molecule has 0 aromatic heterocycles. The van der Waals surface area contributed by atoms with Crippen molar-refractivity contribution in [2.45, 2.75) is 58.1 Å². The first-order chi connectivity index (χ1) is 12.6. The van der Waals surface area contributed by atoms with Crippen molar-refractivity contribution in [3.8, 4) is 0 Å². The molecule has 0 spiro atoms. The minimum absolute atomic E-state index is 0. The first kappa shape index (κ1) is 24.2. The summed E-state index contributed by atoms with van der Waals surface area (Å²) in [5.74, 6) is 1.42. The van der Waals surface area contributed by atoms with Crippen LogP contribution in [0.5, 0.6) is 0 Å². The highest BCUT2D eigenvalue weighted by atomic mass is 127. The van der Waals surface area contributed by atoms with Gasteiger partial charge < -0.3 is 20.1 Å². The molecule has 2 N–H and O–H groups in total. The van der Waals surface area contributed by atoms with Gasteiger partial charge in [0.05, 0.1) is 19.3 Å². The molecule has 154 valence electrons. The van der Waals surface area contributed by atoms with E-state index in [0.29, 0.717) is 12.5 Å². The maximum atomic E-state index is 5.85. The summed E-state index contributed by atoms with van der Waals surface area (Å²) < 4.78 is 11.2. The Morgan fingerprint density at radius 1 is 1.26 bits per heavy atom. The largest absolute Gasteiger partial charge is 0.379 e. The zero-order chi connectivity index (χ0) is 18.8. The number of hydrogen-bond acceptors (Lipinski definition) is 3. The average molecular weight is 489 g/mol. The Morgan fingerprint density at radius 2 is 2.00 bits per heavy atom. The van der Waals surface area contributed by atoms with Gasteiger partial charge in [-0.1, -0.05) is 38.1 Å². The fourth-order valence-electron chi connectivity index (χ4n) is 2.96. The van der Waals surface area contributed by atoms with Crippen molar-refractivity contribution in [3.05, 3.63) is 35.4 Å². The first-order valence-corrected chi connectivity index (χ1v) is 9.84. The normalized spacial score (nSPS) is 18.3. The molecule has 2 unspecified atom stereocenters. The molecule has 2 rings (SSSR count). The van der Waals surface area contributed by atoms with Crippen molar-refractivity contribution in [2.75, 3.05) is 33.4 Å². The van der Waals surface area contributed by atoms with E-state index in [0.717, 1.165) is 45.0 Å². The molecule has 1 fully saturated rings. The number of ether oxygens (including phenoxy) is 2. The van der Waals surface area contributed by atoms with Gasteiger partial charge >= 0.3 is 0 Å². The molecule has 1 saturated heterocycles. The number of hydrogen-bond donors (Lipinski definition) is 2. The Kier molecular flexibility index (Phi) is 11.9. The average Bonchev–Trinajstić information content (AvgIpc) is 3.16. The molecule has 1 aliphatic heterocycles. The SMILES string of the molecule is CN=C(NCCCc1ccc(C(C)C)cc1)NC(C)COC1CCOC1.I. The molecule has 0 amide bonds. The van der Waals surface area contributed by atoms with Crippen LogP contribution in [0.15, 0.2) is 29.3 Å². The van der Waals surface area contributed by atoms with Crippen LogP contribution in [0, 0.1) is 0 Å². The van der Waals surface area contributed by atoms with Crippen LogP contribution < -0.4 is 10.6 Å². The molecule has 5 nitrogen and oxygen atoms in total. The van der Waals surface area contributed by atoms with Gasteiger partial charge in [-0.15, -0.1) is 24.0 Å². The van der Waals surface area contributed by atoms with E-state index in [2.05, 4.69) is 60.7 Å². The summed E-state index contributed by atoms with van der Waals surface area (Å²) in [6, 6.07) is 9.18. The van der Waals surface area contributed by atoms with Crippen molar-refractivity contribution in [3.63, 3.8) is 0 Å². The van der Waals surface area contributed by atoms with Crippen molar-refractivity contribution in [1.82, 2.24) is 10.6 Å². The maximum absolute atomic E-state index is 5.85. The van der Waals surface area contributed by atoms with Crippen LogP contribution in [-0.4, -0.2) is 51.5 Å². The molecule has 1 heterocycles. The molecule has 2 atom stereocenters. The lowest BCUT2D eigenvalue weighted by Crippen LogP contribution is -2.44. The third-order valence-corrected chi connectivity index (χ3v) is 4.66. The van der Waals surface area contributed by atoms with E-state index in [1.165, 1.54) is 11.1 Å². The van der Waals surface area contributed by atoms with E-state index in [4.69, 9.17) is 9.47 Å². The number of rotatable bonds is 9. The van der Waals surface area contributed by atoms with Crippen LogP contribution in [0.1, 0.15) is 50.7 Å². The van der Waals surface area contributed by atoms with Gasteiger partial charge in [0, 0.05) is 26.2 Å². The lowest BCUT2D eigenvalue weighted by molar-refractivity contribution is 0.0347. The summed E-state index contributed by atoms with van der Waals surface area (Å²) in [5, 5.41) is 6.77. The van der Waals surface area contributed by atoms with Crippen LogP contribution >= 0.6 is 24.0 Å². The second kappa shape index (κ2) is 13.3. The Balaban J connectivity index is 0.00000364. The van der Waals surface area contributed by atoms with E-state index < -0.39 is 0 Å². The fraction of sp³-hybridized carbons (Fsp3) is 0.667. The Hall–Kier alpha value is -0.860. The second-order valence-corrected chi connectivity index (χ2v) is 7.36. The minimum Gasteiger partial charge on any atom is -0.379 e. The summed E-state index contributed by atoms with van der Waals surface area (Å²) in [5.41, 5.74) is 2.79. The quantitative estimate of drug-likeness (QED) is 0.240. The van der Waals surface area contributed by atoms with Gasteiger partial charge in [0.15, 0.2) is 5.96 Å². The minimum atomic E-state index is 0. The van der Waals surface area contributed by atoms with Gasteiger partial charge in [0.2, 0.25) is 0 Å². The smallest absolute Gasteiger partial charge is 0.191 e. The summed E-state index contributed by atoms with van der Waals surface area (Å²) in [6.45, 7) is 9.66. The number of halogens is 1. The van der Waals surface area contributed by atoms with E-state index in [9.17, 15) is 0 Å². The highest BCUT2D eigenvalue weighted by Gasteiger charge is 2.17. The van der Waals surface area contributed by atoms with Gasteiger partial charge in [-0.3, -0.25) is 4.99 Å². The molecule has 0 saturated carbocycles. The van der Waals surface area contributed by atoms with E-state index in [1.54, 1.807) is 7.05 Å². The molecule has 1 aliphatic rings. The molecular weight excluding hydrogens is 453 g/mol. The summed E-state index contributed by atoms with van der Waals surface area (Å²) in [4.78, 5) is 4.30. The second-order valence-electron chi connectivity index (χ2n) is 7.36. The molecule has 0 bridgehead atoms. The van der Waals surface area contributed by atoms with Crippen molar-refractivity contribution >= 4 is 29.9 Å². The van der Waals surface area contributed by atoms with Gasteiger partial charge in [0.25, 0.3) is 0 Å². The topological polar surface area (TPSA) is 54.9 Å². The number of nitrogens with one attached hydrogen (secondary N) is 2. The molecule has 6 heteroatoms. The van der Waals surface area contributed by atoms with Crippen LogP contribution in [0.25, 0.3) is 0 Å². The summed E-state index contributed by atoms with van der Waals surface area (Å²) in [6.07, 6.45) is 3.39. The number of aryl methyl sites for hydroxylation is 1. The van der Waals surface area contributed by atoms with Crippen LogP contribution in [0.4, 0.5) is 0 Å². The van der Waals surface area contributed by atoms with Crippen molar-refractivity contribution in [1.29, 1.82) is 0 Å². The van der Waals surface area contributed by atoms with Crippen LogP contribution in [0.3, 0.4) is 0 Å². The molecular formula is C21H36IN3O2. The number of nitrogens with zero attached hydrogens (tertiary/aromatic N) is 1. The summed E-state index contributed by atoms with van der Waals surface area (Å²) in [7, 11) is 1.80. The van der Waals surface area contributed by atoms with Gasteiger partial charge in [-0.05, 0) is 43.2 Å². The monoisotopic (exact) mass is 489 g/mol. The van der Waals surface area contributed by atoms with Gasteiger partial charge in [-0.25, -0.2) is 0 Å². The standard InChI is InChI=1S/C21H35N3O2.HI/c1-16(2)19-9-7-18(8-10-19)6-5-12-23-21(22-4)24-17(3)14-26-20-11-13-25-15-20;/h7-10,16-17,20H,5-6,11-15H2,1-4H3,(H2,22,23,24);1H. The highest BCUT2D eigenvalue weighted by Crippen LogP contribution is 2.15. The van der Waals surface area contributed by atoms with Crippen LogP contribution in [-0.2, 0) is 15.9 Å². The molecule has 1 aromatic carbocycles. The van der Waals surface area contributed by atoms with Gasteiger partial charge in [0.1, 0.15) is 0 Å².